The summed E-state index contributed by atoms with van der Waals surface area (Å²) in [4.78, 5) is 25.3. The quantitative estimate of drug-likeness (QED) is 0.836. The Morgan fingerprint density at radius 2 is 1.95 bits per heavy atom. The van der Waals surface area contributed by atoms with Gasteiger partial charge in [0.05, 0.1) is 4.47 Å². The molecular formula is C13H13BrN2O2S. The molecule has 1 aromatic carbocycles. The molecule has 19 heavy (non-hydrogen) atoms. The second kappa shape index (κ2) is 6.25. The SMILES string of the molecule is O=c1[nH]c(=O)n(CC(CS)c2ccccc2)cc1Br. The van der Waals surface area contributed by atoms with Crippen molar-refractivity contribution in [1.29, 1.82) is 0 Å². The van der Waals surface area contributed by atoms with E-state index in [0.717, 1.165) is 5.56 Å². The van der Waals surface area contributed by atoms with E-state index in [0.29, 0.717) is 16.8 Å². The Balaban J connectivity index is 2.32. The molecule has 100 valence electrons. The first kappa shape index (κ1) is 14.1. The fraction of sp³-hybridized carbons (Fsp3) is 0.231. The van der Waals surface area contributed by atoms with Gasteiger partial charge in [-0.15, -0.1) is 0 Å². The van der Waals surface area contributed by atoms with E-state index < -0.39 is 11.2 Å². The number of nitrogens with one attached hydrogen (secondary N) is 1. The minimum atomic E-state index is -0.414. The zero-order valence-electron chi connectivity index (χ0n) is 10.0. The van der Waals surface area contributed by atoms with Crippen LogP contribution in [0.25, 0.3) is 0 Å². The van der Waals surface area contributed by atoms with Crippen LogP contribution in [0.3, 0.4) is 0 Å². The number of aromatic nitrogens is 2. The van der Waals surface area contributed by atoms with Gasteiger partial charge in [-0.25, -0.2) is 4.79 Å². The molecular weight excluding hydrogens is 328 g/mol. The fourth-order valence-electron chi connectivity index (χ4n) is 1.85. The number of thiol groups is 1. The van der Waals surface area contributed by atoms with Crippen LogP contribution < -0.4 is 11.2 Å². The van der Waals surface area contributed by atoms with Crippen LogP contribution in [0.5, 0.6) is 0 Å². The standard InChI is InChI=1S/C13H13BrN2O2S/c14-11-7-16(13(18)15-12(11)17)6-10(8-19)9-4-2-1-3-5-9/h1-5,7,10,19H,6,8H2,(H,15,17,18). The molecule has 6 heteroatoms. The molecule has 0 radical (unpaired) electrons. The lowest BCUT2D eigenvalue weighted by Crippen LogP contribution is -2.31. The van der Waals surface area contributed by atoms with Gasteiger partial charge in [-0.3, -0.25) is 14.3 Å². The third-order valence-electron chi connectivity index (χ3n) is 2.88. The molecule has 2 rings (SSSR count). The lowest BCUT2D eigenvalue weighted by atomic mass is 10.0. The Morgan fingerprint density at radius 1 is 1.26 bits per heavy atom. The van der Waals surface area contributed by atoms with E-state index in [1.165, 1.54) is 10.8 Å². The van der Waals surface area contributed by atoms with E-state index >= 15 is 0 Å². The molecule has 0 aliphatic rings. The molecule has 0 bridgehead atoms. The molecule has 1 unspecified atom stereocenters. The summed E-state index contributed by atoms with van der Waals surface area (Å²) >= 11 is 7.46. The third kappa shape index (κ3) is 3.39. The average molecular weight is 341 g/mol. The highest BCUT2D eigenvalue weighted by atomic mass is 79.9. The van der Waals surface area contributed by atoms with Crippen LogP contribution in [0.15, 0.2) is 50.6 Å². The number of nitrogens with zero attached hydrogens (tertiary/aromatic N) is 1. The van der Waals surface area contributed by atoms with E-state index in [2.05, 4.69) is 33.5 Å². The summed E-state index contributed by atoms with van der Waals surface area (Å²) < 4.78 is 1.83. The van der Waals surface area contributed by atoms with Gasteiger partial charge in [-0.05, 0) is 27.2 Å². The molecule has 4 nitrogen and oxygen atoms in total. The first-order valence-electron chi connectivity index (χ1n) is 5.77. The summed E-state index contributed by atoms with van der Waals surface area (Å²) in [5.41, 5.74) is 0.297. The molecule has 0 fully saturated rings. The summed E-state index contributed by atoms with van der Waals surface area (Å²) in [6.45, 7) is 0.474. The summed E-state index contributed by atoms with van der Waals surface area (Å²) in [7, 11) is 0. The lowest BCUT2D eigenvalue weighted by Gasteiger charge is -2.16. The Kier molecular flexibility index (Phi) is 4.66. The van der Waals surface area contributed by atoms with Crippen LogP contribution in [0.1, 0.15) is 11.5 Å². The molecule has 0 aliphatic heterocycles. The van der Waals surface area contributed by atoms with Gasteiger partial charge >= 0.3 is 5.69 Å². The van der Waals surface area contributed by atoms with Gasteiger partial charge in [0.15, 0.2) is 0 Å². The Bertz CT molecular complexity index is 666. The van der Waals surface area contributed by atoms with Crippen molar-refractivity contribution < 1.29 is 0 Å². The van der Waals surface area contributed by atoms with Gasteiger partial charge in [0, 0.05) is 18.7 Å². The highest BCUT2D eigenvalue weighted by Gasteiger charge is 2.12. The van der Waals surface area contributed by atoms with Crippen molar-refractivity contribution in [3.63, 3.8) is 0 Å². The van der Waals surface area contributed by atoms with Crippen LogP contribution in [-0.4, -0.2) is 15.3 Å². The molecule has 1 heterocycles. The normalized spacial score (nSPS) is 12.3. The van der Waals surface area contributed by atoms with E-state index in [1.807, 2.05) is 30.3 Å². The van der Waals surface area contributed by atoms with Gasteiger partial charge in [0.25, 0.3) is 5.56 Å². The van der Waals surface area contributed by atoms with Crippen LogP contribution in [-0.2, 0) is 6.54 Å². The summed E-state index contributed by atoms with van der Waals surface area (Å²) in [5.74, 6) is 0.729. The molecule has 0 aliphatic carbocycles. The highest BCUT2D eigenvalue weighted by molar-refractivity contribution is 9.10. The van der Waals surface area contributed by atoms with Gasteiger partial charge in [0.1, 0.15) is 0 Å². The molecule has 0 spiro atoms. The fourth-order valence-corrected chi connectivity index (χ4v) is 2.52. The predicted octanol–water partition coefficient (Wildman–Crippen LogP) is 2.01. The van der Waals surface area contributed by atoms with E-state index in [1.54, 1.807) is 0 Å². The van der Waals surface area contributed by atoms with Gasteiger partial charge in [0.2, 0.25) is 0 Å². The van der Waals surface area contributed by atoms with Crippen LogP contribution in [0.4, 0.5) is 0 Å². The molecule has 2 aromatic rings. The first-order valence-corrected chi connectivity index (χ1v) is 7.19. The van der Waals surface area contributed by atoms with E-state index in [-0.39, 0.29) is 5.92 Å². The molecule has 0 saturated carbocycles. The zero-order chi connectivity index (χ0) is 13.8. The van der Waals surface area contributed by atoms with Gasteiger partial charge in [-0.2, -0.15) is 12.6 Å². The van der Waals surface area contributed by atoms with E-state index in [4.69, 9.17) is 0 Å². The Hall–Kier alpha value is -1.27. The van der Waals surface area contributed by atoms with Crippen molar-refractivity contribution >= 4 is 28.6 Å². The van der Waals surface area contributed by atoms with E-state index in [9.17, 15) is 9.59 Å². The van der Waals surface area contributed by atoms with Crippen molar-refractivity contribution in [2.24, 2.45) is 0 Å². The summed E-state index contributed by atoms with van der Waals surface area (Å²) in [5, 5.41) is 0. The maximum atomic E-state index is 11.7. The zero-order valence-corrected chi connectivity index (χ0v) is 12.5. The molecule has 1 N–H and O–H groups in total. The van der Waals surface area contributed by atoms with Crippen molar-refractivity contribution in [3.05, 3.63) is 67.4 Å². The van der Waals surface area contributed by atoms with Gasteiger partial charge in [-0.1, -0.05) is 30.3 Å². The van der Waals surface area contributed by atoms with Crippen molar-refractivity contribution in [3.8, 4) is 0 Å². The second-order valence-corrected chi connectivity index (χ2v) is 5.40. The average Bonchev–Trinajstić information content (AvgIpc) is 2.42. The maximum Gasteiger partial charge on any atom is 0.328 e. The molecule has 0 amide bonds. The molecule has 0 saturated heterocycles. The van der Waals surface area contributed by atoms with Crippen LogP contribution >= 0.6 is 28.6 Å². The van der Waals surface area contributed by atoms with Crippen molar-refractivity contribution in [2.45, 2.75) is 12.5 Å². The third-order valence-corrected chi connectivity index (χ3v) is 3.88. The number of H-pyrrole nitrogens is 1. The summed E-state index contributed by atoms with van der Waals surface area (Å²) in [6, 6.07) is 9.87. The number of hydrogen-bond donors (Lipinski definition) is 2. The largest absolute Gasteiger partial charge is 0.328 e. The Morgan fingerprint density at radius 3 is 2.58 bits per heavy atom. The molecule has 1 aromatic heterocycles. The highest BCUT2D eigenvalue weighted by Crippen LogP contribution is 2.18. The topological polar surface area (TPSA) is 54.9 Å². The number of halogens is 1. The number of aromatic amines is 1. The van der Waals surface area contributed by atoms with Crippen LogP contribution in [0, 0.1) is 0 Å². The monoisotopic (exact) mass is 340 g/mol. The minimum absolute atomic E-state index is 0.111. The Labute approximate surface area is 124 Å². The minimum Gasteiger partial charge on any atom is -0.299 e. The number of rotatable bonds is 4. The smallest absolute Gasteiger partial charge is 0.299 e. The van der Waals surface area contributed by atoms with Crippen molar-refractivity contribution in [1.82, 2.24) is 9.55 Å². The number of hydrogen-bond acceptors (Lipinski definition) is 3. The van der Waals surface area contributed by atoms with Crippen LogP contribution in [0.2, 0.25) is 0 Å². The number of benzene rings is 1. The summed E-state index contributed by atoms with van der Waals surface area (Å²) in [6.07, 6.45) is 1.51. The van der Waals surface area contributed by atoms with Crippen molar-refractivity contribution in [2.75, 3.05) is 5.75 Å². The molecule has 1 atom stereocenters. The second-order valence-electron chi connectivity index (χ2n) is 4.18. The van der Waals surface area contributed by atoms with Gasteiger partial charge < -0.3 is 0 Å². The predicted molar refractivity (Wildman–Crippen MR) is 82.1 cm³/mol. The lowest BCUT2D eigenvalue weighted by molar-refractivity contribution is 0.571. The maximum absolute atomic E-state index is 11.7. The first-order chi connectivity index (χ1) is 9.11.